The van der Waals surface area contributed by atoms with Crippen molar-refractivity contribution >= 4 is 11.6 Å². The van der Waals surface area contributed by atoms with E-state index in [9.17, 15) is 4.79 Å². The van der Waals surface area contributed by atoms with E-state index in [0.717, 1.165) is 31.5 Å². The van der Waals surface area contributed by atoms with Gasteiger partial charge in [0.05, 0.1) is 0 Å². The van der Waals surface area contributed by atoms with E-state index in [4.69, 9.17) is 5.73 Å². The number of carbonyl (C=O) groups excluding carboxylic acids is 1. The maximum absolute atomic E-state index is 12.4. The van der Waals surface area contributed by atoms with E-state index >= 15 is 0 Å². The van der Waals surface area contributed by atoms with Crippen LogP contribution in [0.1, 0.15) is 28.8 Å². The molecule has 0 aromatic heterocycles. The molecule has 1 aromatic rings. The Morgan fingerprint density at radius 3 is 2.47 bits per heavy atom. The zero-order chi connectivity index (χ0) is 14.0. The number of amides is 1. The van der Waals surface area contributed by atoms with Crippen LogP contribution in [0.25, 0.3) is 0 Å². The normalized spacial score (nSPS) is 16.9. The maximum Gasteiger partial charge on any atom is 0.253 e. The Morgan fingerprint density at radius 2 is 1.95 bits per heavy atom. The fourth-order valence-electron chi connectivity index (χ4n) is 2.54. The Bertz CT molecular complexity index is 462. The summed E-state index contributed by atoms with van der Waals surface area (Å²) < 4.78 is 0. The number of aryl methyl sites for hydroxylation is 1. The van der Waals surface area contributed by atoms with Gasteiger partial charge in [-0.3, -0.25) is 4.79 Å². The Balaban J connectivity index is 2.03. The van der Waals surface area contributed by atoms with Crippen LogP contribution in [0.3, 0.4) is 0 Å². The monoisotopic (exact) mass is 261 g/mol. The van der Waals surface area contributed by atoms with Crippen LogP contribution in [0.5, 0.6) is 0 Å². The van der Waals surface area contributed by atoms with Gasteiger partial charge >= 0.3 is 0 Å². The van der Waals surface area contributed by atoms with Crippen molar-refractivity contribution in [3.63, 3.8) is 0 Å². The SMILES string of the molecule is Cc1ccc(C(=O)N2CCC(N(C)C)CC2)cc1N. The van der Waals surface area contributed by atoms with Crippen LogP contribution < -0.4 is 5.73 Å². The van der Waals surface area contributed by atoms with Crippen LogP contribution >= 0.6 is 0 Å². The second-order valence-electron chi connectivity index (χ2n) is 5.56. The van der Waals surface area contributed by atoms with Crippen LogP contribution in [0, 0.1) is 6.92 Å². The Hall–Kier alpha value is -1.55. The largest absolute Gasteiger partial charge is 0.398 e. The number of benzene rings is 1. The average molecular weight is 261 g/mol. The zero-order valence-corrected chi connectivity index (χ0v) is 12.0. The fraction of sp³-hybridized carbons (Fsp3) is 0.533. The summed E-state index contributed by atoms with van der Waals surface area (Å²) in [5.41, 5.74) is 8.28. The van der Waals surface area contributed by atoms with E-state index in [2.05, 4.69) is 19.0 Å². The second kappa shape index (κ2) is 5.61. The van der Waals surface area contributed by atoms with Crippen molar-refractivity contribution in [2.45, 2.75) is 25.8 Å². The minimum absolute atomic E-state index is 0.101. The molecule has 2 rings (SSSR count). The summed E-state index contributed by atoms with van der Waals surface area (Å²) in [5, 5.41) is 0. The van der Waals surface area contributed by atoms with E-state index in [0.29, 0.717) is 17.3 Å². The number of hydrogen-bond donors (Lipinski definition) is 1. The molecule has 0 spiro atoms. The van der Waals surface area contributed by atoms with E-state index < -0.39 is 0 Å². The van der Waals surface area contributed by atoms with Crippen LogP contribution in [0.2, 0.25) is 0 Å². The van der Waals surface area contributed by atoms with Crippen molar-refractivity contribution in [2.24, 2.45) is 0 Å². The molecule has 1 fully saturated rings. The van der Waals surface area contributed by atoms with E-state index in [-0.39, 0.29) is 5.91 Å². The molecular weight excluding hydrogens is 238 g/mol. The van der Waals surface area contributed by atoms with Crippen LogP contribution in [0.15, 0.2) is 18.2 Å². The van der Waals surface area contributed by atoms with Gasteiger partial charge in [-0.25, -0.2) is 0 Å². The van der Waals surface area contributed by atoms with Crippen molar-refractivity contribution in [2.75, 3.05) is 32.9 Å². The molecule has 0 saturated carbocycles. The predicted octanol–water partition coefficient (Wildman–Crippen LogP) is 1.74. The van der Waals surface area contributed by atoms with Crippen molar-refractivity contribution in [1.29, 1.82) is 0 Å². The molecular formula is C15H23N3O. The highest BCUT2D eigenvalue weighted by atomic mass is 16.2. The summed E-state index contributed by atoms with van der Waals surface area (Å²) in [4.78, 5) is 16.6. The summed E-state index contributed by atoms with van der Waals surface area (Å²) in [5.74, 6) is 0.101. The van der Waals surface area contributed by atoms with Crippen molar-refractivity contribution in [1.82, 2.24) is 9.80 Å². The first-order chi connectivity index (χ1) is 8.99. The molecule has 4 heteroatoms. The Kier molecular flexibility index (Phi) is 4.10. The molecule has 4 nitrogen and oxygen atoms in total. The number of nitrogen functional groups attached to an aromatic ring is 1. The fourth-order valence-corrected chi connectivity index (χ4v) is 2.54. The number of hydrogen-bond acceptors (Lipinski definition) is 3. The number of likely N-dealkylation sites (tertiary alicyclic amines) is 1. The minimum atomic E-state index is 0.101. The molecule has 0 radical (unpaired) electrons. The van der Waals surface area contributed by atoms with E-state index in [1.807, 2.05) is 24.0 Å². The van der Waals surface area contributed by atoms with Gasteiger partial charge < -0.3 is 15.5 Å². The topological polar surface area (TPSA) is 49.6 Å². The first-order valence-electron chi connectivity index (χ1n) is 6.81. The Morgan fingerprint density at radius 1 is 1.32 bits per heavy atom. The highest BCUT2D eigenvalue weighted by Crippen LogP contribution is 2.19. The summed E-state index contributed by atoms with van der Waals surface area (Å²) in [7, 11) is 4.20. The third-order valence-electron chi connectivity index (χ3n) is 4.01. The van der Waals surface area contributed by atoms with Gasteiger partial charge in [0.15, 0.2) is 0 Å². The van der Waals surface area contributed by atoms with Gasteiger partial charge in [-0.1, -0.05) is 6.07 Å². The first-order valence-corrected chi connectivity index (χ1v) is 6.81. The third-order valence-corrected chi connectivity index (χ3v) is 4.01. The lowest BCUT2D eigenvalue weighted by Gasteiger charge is -2.35. The molecule has 0 aliphatic carbocycles. The standard InChI is InChI=1S/C15H23N3O/c1-11-4-5-12(10-14(11)16)15(19)18-8-6-13(7-9-18)17(2)3/h4-5,10,13H,6-9,16H2,1-3H3. The molecule has 1 aromatic carbocycles. The number of carbonyl (C=O) groups is 1. The zero-order valence-electron chi connectivity index (χ0n) is 12.0. The highest BCUT2D eigenvalue weighted by molar-refractivity contribution is 5.95. The molecule has 1 aliphatic heterocycles. The lowest BCUT2D eigenvalue weighted by atomic mass is 10.0. The van der Waals surface area contributed by atoms with Crippen LogP contribution in [-0.2, 0) is 0 Å². The molecule has 0 unspecified atom stereocenters. The van der Waals surface area contributed by atoms with Gasteiger partial charge in [0, 0.05) is 30.4 Å². The number of nitrogens with two attached hydrogens (primary N) is 1. The molecule has 1 saturated heterocycles. The molecule has 1 aliphatic rings. The summed E-state index contributed by atoms with van der Waals surface area (Å²) in [6, 6.07) is 6.16. The van der Waals surface area contributed by atoms with E-state index in [1.54, 1.807) is 6.07 Å². The van der Waals surface area contributed by atoms with Gasteiger partial charge in [0.1, 0.15) is 0 Å². The van der Waals surface area contributed by atoms with Gasteiger partial charge in [0.25, 0.3) is 5.91 Å². The van der Waals surface area contributed by atoms with E-state index in [1.165, 1.54) is 0 Å². The molecule has 0 bridgehead atoms. The quantitative estimate of drug-likeness (QED) is 0.825. The number of nitrogens with zero attached hydrogens (tertiary/aromatic N) is 2. The van der Waals surface area contributed by atoms with Crippen molar-refractivity contribution < 1.29 is 4.79 Å². The van der Waals surface area contributed by atoms with Crippen molar-refractivity contribution in [3.05, 3.63) is 29.3 Å². The molecule has 104 valence electrons. The average Bonchev–Trinajstić information content (AvgIpc) is 2.41. The second-order valence-corrected chi connectivity index (χ2v) is 5.56. The first kappa shape index (κ1) is 13.9. The molecule has 1 amide bonds. The number of rotatable bonds is 2. The van der Waals surface area contributed by atoms with Gasteiger partial charge in [0.2, 0.25) is 0 Å². The van der Waals surface area contributed by atoms with Crippen molar-refractivity contribution in [3.8, 4) is 0 Å². The summed E-state index contributed by atoms with van der Waals surface area (Å²) >= 11 is 0. The van der Waals surface area contributed by atoms with Crippen LogP contribution in [0.4, 0.5) is 5.69 Å². The summed E-state index contributed by atoms with van der Waals surface area (Å²) in [6.45, 7) is 3.61. The minimum Gasteiger partial charge on any atom is -0.398 e. The molecule has 2 N–H and O–H groups in total. The van der Waals surface area contributed by atoms with Gasteiger partial charge in [-0.15, -0.1) is 0 Å². The van der Waals surface area contributed by atoms with Gasteiger partial charge in [-0.05, 0) is 51.6 Å². The molecule has 1 heterocycles. The smallest absolute Gasteiger partial charge is 0.253 e. The molecule has 0 atom stereocenters. The summed E-state index contributed by atoms with van der Waals surface area (Å²) in [6.07, 6.45) is 2.08. The molecule has 19 heavy (non-hydrogen) atoms. The predicted molar refractivity (Wildman–Crippen MR) is 78.2 cm³/mol. The maximum atomic E-state index is 12.4. The lowest BCUT2D eigenvalue weighted by Crippen LogP contribution is -2.44. The Labute approximate surface area is 115 Å². The number of piperidine rings is 1. The van der Waals surface area contributed by atoms with Gasteiger partial charge in [-0.2, -0.15) is 0 Å². The third kappa shape index (κ3) is 3.07. The lowest BCUT2D eigenvalue weighted by molar-refractivity contribution is 0.0663. The van der Waals surface area contributed by atoms with Crippen LogP contribution in [-0.4, -0.2) is 48.9 Å². The highest BCUT2D eigenvalue weighted by Gasteiger charge is 2.24. The number of anilines is 1.